The van der Waals surface area contributed by atoms with Gasteiger partial charge in [0, 0.05) is 24.8 Å². The molecule has 0 bridgehead atoms. The Bertz CT molecular complexity index is 973. The van der Waals surface area contributed by atoms with Gasteiger partial charge in [-0.15, -0.1) is 5.10 Å². The number of rotatable bonds is 4. The van der Waals surface area contributed by atoms with Gasteiger partial charge in [-0.2, -0.15) is 4.52 Å². The first kappa shape index (κ1) is 17.0. The molecule has 0 N–H and O–H groups in total. The summed E-state index contributed by atoms with van der Waals surface area (Å²) in [5.41, 5.74) is 2.06. The first-order valence-electron chi connectivity index (χ1n) is 8.96. The van der Waals surface area contributed by atoms with Crippen molar-refractivity contribution in [1.29, 1.82) is 0 Å². The second-order valence-electron chi connectivity index (χ2n) is 6.56. The van der Waals surface area contributed by atoms with Crippen molar-refractivity contribution in [3.63, 3.8) is 0 Å². The van der Waals surface area contributed by atoms with E-state index in [0.29, 0.717) is 10.9 Å². The summed E-state index contributed by atoms with van der Waals surface area (Å²) in [5.74, 6) is 1.44. The van der Waals surface area contributed by atoms with E-state index in [4.69, 9.17) is 4.74 Å². The smallest absolute Gasteiger partial charge is 0.275 e. The lowest BCUT2D eigenvalue weighted by atomic mass is 9.89. The predicted octanol–water partition coefficient (Wildman–Crippen LogP) is 3.11. The van der Waals surface area contributed by atoms with E-state index in [1.54, 1.807) is 13.2 Å². The maximum absolute atomic E-state index is 12.2. The van der Waals surface area contributed by atoms with Crippen LogP contribution in [-0.2, 0) is 6.42 Å². The molecule has 0 amide bonds. The molecule has 1 aliphatic rings. The third-order valence-corrected chi connectivity index (χ3v) is 5.95. The van der Waals surface area contributed by atoms with E-state index in [1.807, 2.05) is 13.0 Å². The average molecular weight is 370 g/mol. The predicted molar refractivity (Wildman–Crippen MR) is 104 cm³/mol. The van der Waals surface area contributed by atoms with Gasteiger partial charge in [-0.25, -0.2) is 4.98 Å². The summed E-state index contributed by atoms with van der Waals surface area (Å²) >= 11 is 1.50. The Morgan fingerprint density at radius 1 is 1.27 bits per heavy atom. The fourth-order valence-corrected chi connectivity index (χ4v) is 4.43. The van der Waals surface area contributed by atoms with Crippen LogP contribution in [0.1, 0.15) is 36.9 Å². The molecule has 0 unspecified atom stereocenters. The van der Waals surface area contributed by atoms with E-state index in [2.05, 4.69) is 33.2 Å². The van der Waals surface area contributed by atoms with Gasteiger partial charge in [-0.3, -0.25) is 4.79 Å². The number of aromatic nitrogens is 3. The lowest BCUT2D eigenvalue weighted by Crippen LogP contribution is -2.33. The fourth-order valence-electron chi connectivity index (χ4n) is 3.45. The van der Waals surface area contributed by atoms with Crippen LogP contribution in [0.4, 0.5) is 5.13 Å². The fraction of sp³-hybridized carbons (Fsp3) is 0.421. The summed E-state index contributed by atoms with van der Waals surface area (Å²) in [6.07, 6.45) is 2.88. The highest BCUT2D eigenvalue weighted by atomic mass is 32.1. The van der Waals surface area contributed by atoms with Crippen molar-refractivity contribution in [2.24, 2.45) is 0 Å². The largest absolute Gasteiger partial charge is 0.497 e. The minimum atomic E-state index is -0.0967. The maximum atomic E-state index is 12.2. The standard InChI is InChI=1S/C19H22N4O2S/c1-3-15-12-17(24)23-18(20-15)26-19(21-23)22-9-7-13(8-10-22)14-5-4-6-16(11-14)25-2/h4-6,11-13H,3,7-10H2,1-2H3. The van der Waals surface area contributed by atoms with Crippen molar-refractivity contribution < 1.29 is 4.74 Å². The van der Waals surface area contributed by atoms with Crippen LogP contribution < -0.4 is 15.2 Å². The van der Waals surface area contributed by atoms with Crippen LogP contribution in [-0.4, -0.2) is 34.8 Å². The molecule has 0 spiro atoms. The number of methoxy groups -OCH3 is 1. The van der Waals surface area contributed by atoms with Crippen molar-refractivity contribution in [3.8, 4) is 5.75 Å². The van der Waals surface area contributed by atoms with E-state index >= 15 is 0 Å². The van der Waals surface area contributed by atoms with Crippen LogP contribution >= 0.6 is 11.3 Å². The number of anilines is 1. The zero-order valence-corrected chi connectivity index (χ0v) is 15.8. The van der Waals surface area contributed by atoms with Gasteiger partial charge in [-0.1, -0.05) is 30.4 Å². The summed E-state index contributed by atoms with van der Waals surface area (Å²) in [6.45, 7) is 3.86. The Labute approximate surface area is 156 Å². The Kier molecular flexibility index (Phi) is 4.63. The van der Waals surface area contributed by atoms with Crippen LogP contribution in [0.25, 0.3) is 4.96 Å². The number of aryl methyl sites for hydroxylation is 1. The monoisotopic (exact) mass is 370 g/mol. The minimum Gasteiger partial charge on any atom is -0.497 e. The van der Waals surface area contributed by atoms with Crippen LogP contribution in [0.5, 0.6) is 5.75 Å². The van der Waals surface area contributed by atoms with E-state index in [0.717, 1.165) is 48.9 Å². The summed E-state index contributed by atoms with van der Waals surface area (Å²) in [7, 11) is 1.70. The molecule has 6 nitrogen and oxygen atoms in total. The van der Waals surface area contributed by atoms with Crippen LogP contribution in [0.15, 0.2) is 35.1 Å². The Morgan fingerprint density at radius 2 is 2.08 bits per heavy atom. The zero-order chi connectivity index (χ0) is 18.1. The summed E-state index contributed by atoms with van der Waals surface area (Å²) in [6, 6.07) is 9.92. The van der Waals surface area contributed by atoms with Gasteiger partial charge >= 0.3 is 0 Å². The second kappa shape index (κ2) is 7.07. The van der Waals surface area contributed by atoms with Crippen molar-refractivity contribution in [2.45, 2.75) is 32.1 Å². The van der Waals surface area contributed by atoms with Crippen LogP contribution in [0.2, 0.25) is 0 Å². The molecule has 1 fully saturated rings. The maximum Gasteiger partial charge on any atom is 0.275 e. The quantitative estimate of drug-likeness (QED) is 0.706. The van der Waals surface area contributed by atoms with Gasteiger partial charge in [-0.05, 0) is 42.9 Å². The van der Waals surface area contributed by atoms with E-state index in [-0.39, 0.29) is 5.56 Å². The lowest BCUT2D eigenvalue weighted by Gasteiger charge is -2.31. The number of piperidine rings is 1. The zero-order valence-electron chi connectivity index (χ0n) is 15.0. The number of hydrogen-bond donors (Lipinski definition) is 0. The topological polar surface area (TPSA) is 59.7 Å². The highest BCUT2D eigenvalue weighted by molar-refractivity contribution is 7.20. The van der Waals surface area contributed by atoms with E-state index in [1.165, 1.54) is 21.4 Å². The summed E-state index contributed by atoms with van der Waals surface area (Å²) in [5, 5.41) is 5.38. The third kappa shape index (κ3) is 3.19. The van der Waals surface area contributed by atoms with Gasteiger partial charge in [0.2, 0.25) is 10.1 Å². The summed E-state index contributed by atoms with van der Waals surface area (Å²) < 4.78 is 6.77. The minimum absolute atomic E-state index is 0.0967. The molecule has 0 aliphatic carbocycles. The molecule has 136 valence electrons. The van der Waals surface area contributed by atoms with Gasteiger partial charge in [0.15, 0.2) is 0 Å². The lowest BCUT2D eigenvalue weighted by molar-refractivity contribution is 0.412. The summed E-state index contributed by atoms with van der Waals surface area (Å²) in [4.78, 5) is 19.7. The molecule has 3 aromatic rings. The Balaban J connectivity index is 1.52. The molecule has 3 heterocycles. The van der Waals surface area contributed by atoms with Gasteiger partial charge in [0.25, 0.3) is 5.56 Å². The van der Waals surface area contributed by atoms with Gasteiger partial charge in [0.1, 0.15) is 5.75 Å². The normalized spacial score (nSPS) is 15.5. The molecule has 0 radical (unpaired) electrons. The van der Waals surface area contributed by atoms with Crippen molar-refractivity contribution in [1.82, 2.24) is 14.6 Å². The number of hydrogen-bond acceptors (Lipinski definition) is 6. The highest BCUT2D eigenvalue weighted by Crippen LogP contribution is 2.33. The molecule has 2 aromatic heterocycles. The molecule has 0 saturated carbocycles. The average Bonchev–Trinajstić information content (AvgIpc) is 3.13. The molecule has 26 heavy (non-hydrogen) atoms. The number of benzene rings is 1. The van der Waals surface area contributed by atoms with Gasteiger partial charge < -0.3 is 9.64 Å². The third-order valence-electron chi connectivity index (χ3n) is 4.98. The first-order valence-corrected chi connectivity index (χ1v) is 9.78. The van der Waals surface area contributed by atoms with Gasteiger partial charge in [0.05, 0.1) is 7.11 Å². The molecule has 0 atom stereocenters. The van der Waals surface area contributed by atoms with Crippen molar-refractivity contribution in [2.75, 3.05) is 25.1 Å². The Morgan fingerprint density at radius 3 is 2.81 bits per heavy atom. The van der Waals surface area contributed by atoms with Crippen molar-refractivity contribution in [3.05, 3.63) is 51.9 Å². The molecule has 1 aromatic carbocycles. The first-order chi connectivity index (χ1) is 12.7. The highest BCUT2D eigenvalue weighted by Gasteiger charge is 2.23. The molecular formula is C19H22N4O2S. The second-order valence-corrected chi connectivity index (χ2v) is 7.49. The van der Waals surface area contributed by atoms with Crippen LogP contribution in [0.3, 0.4) is 0 Å². The SMILES string of the molecule is CCc1cc(=O)n2nc(N3CCC(c4cccc(OC)c4)CC3)sc2n1. The molecule has 4 rings (SSSR count). The molecular weight excluding hydrogens is 348 g/mol. The molecule has 7 heteroatoms. The molecule has 1 saturated heterocycles. The van der Waals surface area contributed by atoms with Crippen LogP contribution in [0, 0.1) is 0 Å². The van der Waals surface area contributed by atoms with Crippen molar-refractivity contribution >= 4 is 21.4 Å². The van der Waals surface area contributed by atoms with E-state index in [9.17, 15) is 4.79 Å². The van der Waals surface area contributed by atoms with E-state index < -0.39 is 0 Å². The number of ether oxygens (including phenoxy) is 1. The molecule has 1 aliphatic heterocycles. The Hall–Kier alpha value is -2.41. The number of fused-ring (bicyclic) bond motifs is 1. The number of nitrogens with zero attached hydrogens (tertiary/aromatic N) is 4.